The lowest BCUT2D eigenvalue weighted by Gasteiger charge is -2.26. The SMILES string of the molecule is Cc1cc(Cl)cc(Nc2ncnc3sc4c(c23)CCN(C(=O)/C=C/CN(C)C)C4)c1. The fourth-order valence-corrected chi connectivity index (χ4v) is 5.12. The summed E-state index contributed by atoms with van der Waals surface area (Å²) in [5, 5.41) is 5.15. The zero-order chi connectivity index (χ0) is 21.3. The number of thiophene rings is 1. The van der Waals surface area contributed by atoms with Crippen molar-refractivity contribution in [3.63, 3.8) is 0 Å². The Labute approximate surface area is 185 Å². The standard InChI is InChI=1S/C22H24ClN5OS/c1-14-9-15(23)11-16(10-14)26-21-20-17-6-8-28(19(29)5-4-7-27(2)3)12-18(17)30-22(20)25-13-24-21/h4-5,9-11,13H,6-8,12H2,1-3H3,(H,24,25,26)/b5-4+. The van der Waals surface area contributed by atoms with Crippen LogP contribution in [-0.2, 0) is 17.8 Å². The summed E-state index contributed by atoms with van der Waals surface area (Å²) in [6, 6.07) is 5.86. The van der Waals surface area contributed by atoms with Crippen LogP contribution in [0.5, 0.6) is 0 Å². The van der Waals surface area contributed by atoms with Gasteiger partial charge in [0.25, 0.3) is 0 Å². The van der Waals surface area contributed by atoms with Crippen molar-refractivity contribution < 1.29 is 4.79 Å². The van der Waals surface area contributed by atoms with Gasteiger partial charge in [-0.15, -0.1) is 11.3 Å². The molecule has 156 valence electrons. The van der Waals surface area contributed by atoms with Gasteiger partial charge in [-0.05, 0) is 56.8 Å². The van der Waals surface area contributed by atoms with Gasteiger partial charge in [0.05, 0.1) is 11.9 Å². The topological polar surface area (TPSA) is 61.4 Å². The molecule has 30 heavy (non-hydrogen) atoms. The van der Waals surface area contributed by atoms with E-state index < -0.39 is 0 Å². The number of nitrogens with one attached hydrogen (secondary N) is 1. The molecule has 0 aliphatic carbocycles. The first-order valence-electron chi connectivity index (χ1n) is 9.80. The van der Waals surface area contributed by atoms with Gasteiger partial charge < -0.3 is 15.1 Å². The second-order valence-corrected chi connectivity index (χ2v) is 9.24. The molecule has 2 aromatic heterocycles. The predicted octanol–water partition coefficient (Wildman–Crippen LogP) is 4.40. The Hall–Kier alpha value is -2.48. The second kappa shape index (κ2) is 8.71. The summed E-state index contributed by atoms with van der Waals surface area (Å²) in [5.41, 5.74) is 3.22. The molecule has 0 saturated heterocycles. The van der Waals surface area contributed by atoms with E-state index in [1.165, 1.54) is 10.4 Å². The third-order valence-electron chi connectivity index (χ3n) is 4.98. The van der Waals surface area contributed by atoms with Crippen LogP contribution >= 0.6 is 22.9 Å². The Morgan fingerprint density at radius 1 is 1.33 bits per heavy atom. The van der Waals surface area contributed by atoms with Crippen LogP contribution in [0.15, 0.2) is 36.7 Å². The minimum absolute atomic E-state index is 0.0544. The lowest BCUT2D eigenvalue weighted by molar-refractivity contribution is -0.126. The first kappa shape index (κ1) is 20.8. The fourth-order valence-electron chi connectivity index (χ4n) is 3.63. The van der Waals surface area contributed by atoms with Gasteiger partial charge in [-0.3, -0.25) is 4.79 Å². The van der Waals surface area contributed by atoms with Crippen LogP contribution < -0.4 is 5.32 Å². The van der Waals surface area contributed by atoms with Crippen molar-refractivity contribution in [3.8, 4) is 0 Å². The first-order chi connectivity index (χ1) is 14.4. The number of nitrogens with zero attached hydrogens (tertiary/aromatic N) is 4. The van der Waals surface area contributed by atoms with Crippen LogP contribution in [0.1, 0.15) is 16.0 Å². The maximum Gasteiger partial charge on any atom is 0.246 e. The molecule has 3 aromatic rings. The molecule has 6 nitrogen and oxygen atoms in total. The highest BCUT2D eigenvalue weighted by atomic mass is 35.5. The number of likely N-dealkylation sites (N-methyl/N-ethyl adjacent to an activating group) is 1. The van der Waals surface area contributed by atoms with Crippen molar-refractivity contribution >= 4 is 50.6 Å². The molecule has 4 rings (SSSR count). The summed E-state index contributed by atoms with van der Waals surface area (Å²) in [7, 11) is 3.97. The van der Waals surface area contributed by atoms with Crippen molar-refractivity contribution in [2.24, 2.45) is 0 Å². The molecular formula is C22H24ClN5OS. The summed E-state index contributed by atoms with van der Waals surface area (Å²) < 4.78 is 0. The van der Waals surface area contributed by atoms with Crippen molar-refractivity contribution in [2.45, 2.75) is 19.9 Å². The van der Waals surface area contributed by atoms with Gasteiger partial charge in [-0.2, -0.15) is 0 Å². The number of fused-ring (bicyclic) bond motifs is 3. The lowest BCUT2D eigenvalue weighted by atomic mass is 10.0. The molecule has 1 N–H and O–H groups in total. The van der Waals surface area contributed by atoms with Crippen molar-refractivity contribution in [1.82, 2.24) is 19.8 Å². The third kappa shape index (κ3) is 4.48. The number of carbonyl (C=O) groups excluding carboxylic acids is 1. The highest BCUT2D eigenvalue weighted by Crippen LogP contribution is 2.38. The minimum Gasteiger partial charge on any atom is -0.340 e. The zero-order valence-electron chi connectivity index (χ0n) is 17.3. The van der Waals surface area contributed by atoms with Gasteiger partial charge in [-0.1, -0.05) is 17.7 Å². The number of amides is 1. The van der Waals surface area contributed by atoms with Crippen LogP contribution in [0.25, 0.3) is 10.2 Å². The number of aromatic nitrogens is 2. The molecule has 0 fully saturated rings. The Morgan fingerprint density at radius 3 is 2.93 bits per heavy atom. The summed E-state index contributed by atoms with van der Waals surface area (Å²) in [4.78, 5) is 27.6. The monoisotopic (exact) mass is 441 g/mol. The van der Waals surface area contributed by atoms with Gasteiger partial charge >= 0.3 is 0 Å². The third-order valence-corrected chi connectivity index (χ3v) is 6.33. The van der Waals surface area contributed by atoms with E-state index in [-0.39, 0.29) is 5.91 Å². The summed E-state index contributed by atoms with van der Waals surface area (Å²) in [6.45, 7) is 4.06. The van der Waals surface area contributed by atoms with Gasteiger partial charge in [0.1, 0.15) is 17.0 Å². The molecule has 0 radical (unpaired) electrons. The number of benzene rings is 1. The molecule has 3 heterocycles. The quantitative estimate of drug-likeness (QED) is 0.594. The number of anilines is 2. The number of aryl methyl sites for hydroxylation is 1. The second-order valence-electron chi connectivity index (χ2n) is 7.72. The maximum absolute atomic E-state index is 12.5. The van der Waals surface area contributed by atoms with E-state index >= 15 is 0 Å². The summed E-state index contributed by atoms with van der Waals surface area (Å²) in [6.07, 6.45) is 5.95. The largest absolute Gasteiger partial charge is 0.340 e. The minimum atomic E-state index is 0.0544. The Morgan fingerprint density at radius 2 is 2.17 bits per heavy atom. The average Bonchev–Trinajstić information content (AvgIpc) is 3.05. The summed E-state index contributed by atoms with van der Waals surface area (Å²) >= 11 is 7.85. The molecule has 1 aliphatic rings. The molecule has 0 spiro atoms. The van der Waals surface area contributed by atoms with E-state index in [0.717, 1.165) is 40.3 Å². The van der Waals surface area contributed by atoms with Gasteiger partial charge in [0.15, 0.2) is 0 Å². The molecule has 1 amide bonds. The lowest BCUT2D eigenvalue weighted by Crippen LogP contribution is -2.34. The van der Waals surface area contributed by atoms with Crippen LogP contribution in [0.2, 0.25) is 5.02 Å². The average molecular weight is 442 g/mol. The molecule has 1 aromatic carbocycles. The fraction of sp³-hybridized carbons (Fsp3) is 0.318. The molecule has 0 bridgehead atoms. The zero-order valence-corrected chi connectivity index (χ0v) is 18.8. The Balaban J connectivity index is 1.60. The van der Waals surface area contributed by atoms with Crippen molar-refractivity contribution in [3.05, 3.63) is 57.7 Å². The maximum atomic E-state index is 12.5. The van der Waals surface area contributed by atoms with Crippen LogP contribution in [-0.4, -0.2) is 52.9 Å². The molecule has 0 unspecified atom stereocenters. The number of halogens is 1. The van der Waals surface area contributed by atoms with Crippen LogP contribution in [0, 0.1) is 6.92 Å². The highest BCUT2D eigenvalue weighted by molar-refractivity contribution is 7.19. The predicted molar refractivity (Wildman–Crippen MR) is 124 cm³/mol. The summed E-state index contributed by atoms with van der Waals surface area (Å²) in [5.74, 6) is 0.837. The van der Waals surface area contributed by atoms with Crippen LogP contribution in [0.3, 0.4) is 0 Å². The smallest absolute Gasteiger partial charge is 0.246 e. The first-order valence-corrected chi connectivity index (χ1v) is 11.0. The molecule has 0 atom stereocenters. The molecule has 1 aliphatic heterocycles. The number of rotatable bonds is 5. The van der Waals surface area contributed by atoms with Gasteiger partial charge in [-0.25, -0.2) is 9.97 Å². The number of hydrogen-bond donors (Lipinski definition) is 1. The molecule has 8 heteroatoms. The highest BCUT2D eigenvalue weighted by Gasteiger charge is 2.25. The van der Waals surface area contributed by atoms with E-state index in [9.17, 15) is 4.79 Å². The molecular weight excluding hydrogens is 418 g/mol. The molecule has 0 saturated carbocycles. The number of carbonyl (C=O) groups is 1. The van der Waals surface area contributed by atoms with E-state index in [1.807, 2.05) is 55.1 Å². The van der Waals surface area contributed by atoms with Crippen molar-refractivity contribution in [2.75, 3.05) is 32.5 Å². The van der Waals surface area contributed by atoms with Gasteiger partial charge in [0, 0.05) is 34.8 Å². The normalized spacial score (nSPS) is 14.0. The van der Waals surface area contributed by atoms with E-state index in [2.05, 4.69) is 15.3 Å². The number of hydrogen-bond acceptors (Lipinski definition) is 6. The van der Waals surface area contributed by atoms with Crippen LogP contribution in [0.4, 0.5) is 11.5 Å². The van der Waals surface area contributed by atoms with E-state index in [1.54, 1.807) is 23.7 Å². The van der Waals surface area contributed by atoms with Gasteiger partial charge in [0.2, 0.25) is 5.91 Å². The van der Waals surface area contributed by atoms with Crippen molar-refractivity contribution in [1.29, 1.82) is 0 Å². The van der Waals surface area contributed by atoms with E-state index in [0.29, 0.717) is 18.1 Å². The van der Waals surface area contributed by atoms with E-state index in [4.69, 9.17) is 11.6 Å². The Kier molecular flexibility index (Phi) is 6.04. The Bertz CT molecular complexity index is 1100.